The second kappa shape index (κ2) is 9.43. The number of carbonyl (C=O) groups is 4. The molecule has 1 aromatic carbocycles. The van der Waals surface area contributed by atoms with Gasteiger partial charge in [-0.1, -0.05) is 17.9 Å². The summed E-state index contributed by atoms with van der Waals surface area (Å²) in [7, 11) is 0. The molecule has 0 spiro atoms. The van der Waals surface area contributed by atoms with Crippen molar-refractivity contribution in [3.05, 3.63) is 34.9 Å². The van der Waals surface area contributed by atoms with Gasteiger partial charge in [-0.2, -0.15) is 0 Å². The number of rotatable bonds is 7. The first kappa shape index (κ1) is 20.7. The van der Waals surface area contributed by atoms with Crippen molar-refractivity contribution in [2.45, 2.75) is 18.9 Å². The molecule has 2 heterocycles. The summed E-state index contributed by atoms with van der Waals surface area (Å²) in [6.07, 6.45) is 0.181. The highest BCUT2D eigenvalue weighted by Crippen LogP contribution is 2.29. The van der Waals surface area contributed by atoms with Crippen LogP contribution in [0.25, 0.3) is 0 Å². The summed E-state index contributed by atoms with van der Waals surface area (Å²) in [6.45, 7) is 1.82. The number of amides is 4. The van der Waals surface area contributed by atoms with Crippen molar-refractivity contribution in [1.29, 1.82) is 0 Å². The second-order valence-corrected chi connectivity index (χ2v) is 6.43. The van der Waals surface area contributed by atoms with E-state index in [0.717, 1.165) is 4.90 Å². The molecule has 1 aromatic rings. The molecule has 0 saturated carbocycles. The smallest absolute Gasteiger partial charge is 0.263 e. The molecule has 1 fully saturated rings. The van der Waals surface area contributed by atoms with Gasteiger partial charge in [0, 0.05) is 18.5 Å². The summed E-state index contributed by atoms with van der Waals surface area (Å²) in [5.74, 6) is 3.46. The number of hydrogen-bond acceptors (Lipinski definition) is 7. The van der Waals surface area contributed by atoms with Gasteiger partial charge < -0.3 is 15.2 Å². The molecule has 4 amide bonds. The van der Waals surface area contributed by atoms with Crippen LogP contribution in [-0.2, 0) is 19.1 Å². The standard InChI is InChI=1S/C20H21N3O6/c21-8-10-29-12-11-28-9-2-4-13-3-1-5-14-17(13)20(27)23(19(14)26)15-6-7-16(24)22-18(15)25/h1,3,5,15H,6-12,21H2,(H,22,24,25). The fraction of sp³-hybridized carbons (Fsp3) is 0.400. The van der Waals surface area contributed by atoms with E-state index in [0.29, 0.717) is 31.9 Å². The fourth-order valence-electron chi connectivity index (χ4n) is 3.18. The topological polar surface area (TPSA) is 128 Å². The van der Waals surface area contributed by atoms with Crippen molar-refractivity contribution in [3.8, 4) is 11.8 Å². The maximum atomic E-state index is 12.9. The third-order valence-electron chi connectivity index (χ3n) is 4.50. The number of benzene rings is 1. The van der Waals surface area contributed by atoms with E-state index in [1.165, 1.54) is 6.07 Å². The van der Waals surface area contributed by atoms with Crippen LogP contribution in [0.1, 0.15) is 39.1 Å². The minimum absolute atomic E-state index is 0.0722. The van der Waals surface area contributed by atoms with Gasteiger partial charge in [0.05, 0.1) is 30.9 Å². The van der Waals surface area contributed by atoms with Crippen LogP contribution in [0.5, 0.6) is 0 Å². The Morgan fingerprint density at radius 2 is 1.90 bits per heavy atom. The number of carbonyl (C=O) groups excluding carboxylic acids is 4. The van der Waals surface area contributed by atoms with Crippen molar-refractivity contribution in [1.82, 2.24) is 10.2 Å². The molecule has 9 nitrogen and oxygen atoms in total. The zero-order valence-corrected chi connectivity index (χ0v) is 15.7. The van der Waals surface area contributed by atoms with Gasteiger partial charge in [0.15, 0.2) is 0 Å². The molecule has 152 valence electrons. The lowest BCUT2D eigenvalue weighted by molar-refractivity contribution is -0.136. The van der Waals surface area contributed by atoms with E-state index in [1.807, 2.05) is 0 Å². The first-order valence-corrected chi connectivity index (χ1v) is 9.23. The number of fused-ring (bicyclic) bond motifs is 1. The quantitative estimate of drug-likeness (QED) is 0.357. The average molecular weight is 399 g/mol. The van der Waals surface area contributed by atoms with E-state index >= 15 is 0 Å². The van der Waals surface area contributed by atoms with E-state index in [4.69, 9.17) is 15.2 Å². The Balaban J connectivity index is 1.70. The normalized spacial score (nSPS) is 18.4. The molecule has 3 rings (SSSR count). The van der Waals surface area contributed by atoms with Gasteiger partial charge in [0.2, 0.25) is 11.8 Å². The summed E-state index contributed by atoms with van der Waals surface area (Å²) in [5, 5.41) is 2.17. The van der Waals surface area contributed by atoms with E-state index in [1.54, 1.807) is 12.1 Å². The maximum absolute atomic E-state index is 12.9. The zero-order valence-electron chi connectivity index (χ0n) is 15.7. The molecule has 2 aliphatic heterocycles. The van der Waals surface area contributed by atoms with Crippen molar-refractivity contribution < 1.29 is 28.7 Å². The monoisotopic (exact) mass is 399 g/mol. The van der Waals surface area contributed by atoms with Gasteiger partial charge in [0.25, 0.3) is 11.8 Å². The molecule has 0 bridgehead atoms. The van der Waals surface area contributed by atoms with E-state index in [9.17, 15) is 19.2 Å². The summed E-state index contributed by atoms with van der Waals surface area (Å²) >= 11 is 0. The molecule has 0 radical (unpaired) electrons. The lowest BCUT2D eigenvalue weighted by Gasteiger charge is -2.27. The first-order chi connectivity index (χ1) is 14.0. The van der Waals surface area contributed by atoms with Crippen LogP contribution in [0.2, 0.25) is 0 Å². The highest BCUT2D eigenvalue weighted by Gasteiger charge is 2.45. The van der Waals surface area contributed by atoms with Crippen LogP contribution in [0.3, 0.4) is 0 Å². The van der Waals surface area contributed by atoms with Crippen LogP contribution >= 0.6 is 0 Å². The first-order valence-electron chi connectivity index (χ1n) is 9.23. The van der Waals surface area contributed by atoms with Gasteiger partial charge >= 0.3 is 0 Å². The Morgan fingerprint density at radius 3 is 2.66 bits per heavy atom. The molecule has 3 N–H and O–H groups in total. The number of piperidine rings is 1. The third kappa shape index (κ3) is 4.51. The molecular formula is C20H21N3O6. The minimum Gasteiger partial charge on any atom is -0.378 e. The number of imide groups is 2. The van der Waals surface area contributed by atoms with Gasteiger partial charge in [-0.15, -0.1) is 0 Å². The summed E-state index contributed by atoms with van der Waals surface area (Å²) in [6, 6.07) is 3.79. The van der Waals surface area contributed by atoms with E-state index < -0.39 is 29.7 Å². The Hall–Kier alpha value is -3.06. The van der Waals surface area contributed by atoms with Gasteiger partial charge in [-0.05, 0) is 18.6 Å². The van der Waals surface area contributed by atoms with Crippen LogP contribution < -0.4 is 11.1 Å². The van der Waals surface area contributed by atoms with Crippen LogP contribution in [0.15, 0.2) is 18.2 Å². The second-order valence-electron chi connectivity index (χ2n) is 6.43. The van der Waals surface area contributed by atoms with Crippen molar-refractivity contribution in [2.24, 2.45) is 5.73 Å². The van der Waals surface area contributed by atoms with Crippen molar-refractivity contribution in [2.75, 3.05) is 33.0 Å². The number of ether oxygens (including phenoxy) is 2. The van der Waals surface area contributed by atoms with E-state index in [-0.39, 0.29) is 30.6 Å². The SMILES string of the molecule is NCCOCCOCC#Cc1cccc2c1C(=O)N(C1CCC(=O)NC1=O)C2=O. The molecule has 2 aliphatic rings. The maximum Gasteiger partial charge on any atom is 0.263 e. The van der Waals surface area contributed by atoms with Crippen molar-refractivity contribution >= 4 is 23.6 Å². The highest BCUT2D eigenvalue weighted by atomic mass is 16.5. The molecular weight excluding hydrogens is 378 g/mol. The third-order valence-corrected chi connectivity index (χ3v) is 4.50. The Labute approximate surface area is 167 Å². The molecule has 1 atom stereocenters. The van der Waals surface area contributed by atoms with Crippen LogP contribution in [0, 0.1) is 11.8 Å². The summed E-state index contributed by atoms with van der Waals surface area (Å²) in [5.41, 5.74) is 6.06. The Bertz CT molecular complexity index is 901. The van der Waals surface area contributed by atoms with Gasteiger partial charge in [-0.3, -0.25) is 29.4 Å². The van der Waals surface area contributed by atoms with Gasteiger partial charge in [0.1, 0.15) is 12.6 Å². The molecule has 9 heteroatoms. The Morgan fingerprint density at radius 1 is 1.10 bits per heavy atom. The molecule has 0 aromatic heterocycles. The van der Waals surface area contributed by atoms with Crippen molar-refractivity contribution in [3.63, 3.8) is 0 Å². The number of nitrogens with one attached hydrogen (secondary N) is 1. The van der Waals surface area contributed by atoms with Gasteiger partial charge in [-0.25, -0.2) is 0 Å². The molecule has 1 saturated heterocycles. The minimum atomic E-state index is -1.00. The summed E-state index contributed by atoms with van der Waals surface area (Å²) in [4.78, 5) is 50.0. The van der Waals surface area contributed by atoms with E-state index in [2.05, 4.69) is 17.2 Å². The Kier molecular flexibility index (Phi) is 6.72. The predicted molar refractivity (Wildman–Crippen MR) is 101 cm³/mol. The number of nitrogens with zero attached hydrogens (tertiary/aromatic N) is 1. The zero-order chi connectivity index (χ0) is 20.8. The largest absolute Gasteiger partial charge is 0.378 e. The number of hydrogen-bond donors (Lipinski definition) is 2. The molecule has 0 aliphatic carbocycles. The lowest BCUT2D eigenvalue weighted by Crippen LogP contribution is -2.54. The molecule has 29 heavy (non-hydrogen) atoms. The van der Waals surface area contributed by atoms with Crippen LogP contribution in [0.4, 0.5) is 0 Å². The average Bonchev–Trinajstić information content (AvgIpc) is 2.95. The number of nitrogens with two attached hydrogens (primary N) is 1. The fourth-order valence-corrected chi connectivity index (χ4v) is 3.18. The van der Waals surface area contributed by atoms with Crippen LogP contribution in [-0.4, -0.2) is 67.5 Å². The lowest BCUT2D eigenvalue weighted by atomic mass is 10.0. The predicted octanol–water partition coefficient (Wildman–Crippen LogP) is -0.569. The summed E-state index contributed by atoms with van der Waals surface area (Å²) < 4.78 is 10.5. The highest BCUT2D eigenvalue weighted by molar-refractivity contribution is 6.24. The molecule has 1 unspecified atom stereocenters.